The number of phenols is 3. The van der Waals surface area contributed by atoms with Crippen molar-refractivity contribution in [3.8, 4) is 17.2 Å². The summed E-state index contributed by atoms with van der Waals surface area (Å²) in [5, 5.41) is 32.1. The molecule has 3 rings (SSSR count). The minimum Gasteiger partial charge on any atom is -0.504 e. The highest BCUT2D eigenvalue weighted by Gasteiger charge is 2.15. The second-order valence-electron chi connectivity index (χ2n) is 5.04. The lowest BCUT2D eigenvalue weighted by molar-refractivity contribution is 0.0948. The third-order valence-electron chi connectivity index (χ3n) is 3.45. The number of imidazole rings is 1. The minimum absolute atomic E-state index is 0.139. The van der Waals surface area contributed by atoms with E-state index >= 15 is 0 Å². The highest BCUT2D eigenvalue weighted by atomic mass is 16.3. The second-order valence-corrected chi connectivity index (χ2v) is 5.04. The first kappa shape index (κ1) is 15.3. The Balaban J connectivity index is 1.83. The number of rotatable bonds is 3. The molecule has 1 aromatic carbocycles. The Bertz CT molecular complexity index is 962. The molecule has 0 aliphatic rings. The first-order valence-corrected chi connectivity index (χ1v) is 7.00. The fraction of sp³-hybridized carbons (Fsp3) is 0.0625. The van der Waals surface area contributed by atoms with E-state index in [1.807, 2.05) is 6.07 Å². The summed E-state index contributed by atoms with van der Waals surface area (Å²) in [5.41, 5.74) is 4.03. The molecule has 0 fully saturated rings. The highest BCUT2D eigenvalue weighted by molar-refractivity contribution is 5.95. The van der Waals surface area contributed by atoms with Crippen LogP contribution in [0.4, 0.5) is 0 Å². The summed E-state index contributed by atoms with van der Waals surface area (Å²) < 4.78 is 1.64. The van der Waals surface area contributed by atoms with E-state index in [-0.39, 0.29) is 5.56 Å². The van der Waals surface area contributed by atoms with E-state index in [0.717, 1.165) is 6.21 Å². The van der Waals surface area contributed by atoms with Crippen LogP contribution in [0.15, 0.2) is 41.6 Å². The first-order valence-electron chi connectivity index (χ1n) is 7.00. The molecule has 2 heterocycles. The summed E-state index contributed by atoms with van der Waals surface area (Å²) in [6.45, 7) is 1.72. The van der Waals surface area contributed by atoms with Crippen molar-refractivity contribution in [2.45, 2.75) is 6.92 Å². The summed E-state index contributed by atoms with van der Waals surface area (Å²) in [5.74, 6) is -2.10. The summed E-state index contributed by atoms with van der Waals surface area (Å²) >= 11 is 0. The summed E-state index contributed by atoms with van der Waals surface area (Å²) in [6.07, 6.45) is 2.88. The first-order chi connectivity index (χ1) is 11.5. The van der Waals surface area contributed by atoms with E-state index < -0.39 is 23.2 Å². The lowest BCUT2D eigenvalue weighted by atomic mass is 10.2. The Kier molecular flexibility index (Phi) is 3.78. The molecule has 0 aliphatic carbocycles. The quantitative estimate of drug-likeness (QED) is 0.330. The third-order valence-corrected chi connectivity index (χ3v) is 3.45. The van der Waals surface area contributed by atoms with E-state index in [1.165, 1.54) is 12.1 Å². The fourth-order valence-electron chi connectivity index (χ4n) is 2.29. The maximum atomic E-state index is 12.3. The van der Waals surface area contributed by atoms with Crippen LogP contribution in [-0.4, -0.2) is 36.8 Å². The predicted octanol–water partition coefficient (Wildman–Crippen LogP) is 1.52. The van der Waals surface area contributed by atoms with Gasteiger partial charge in [0.25, 0.3) is 5.91 Å². The van der Waals surface area contributed by atoms with Gasteiger partial charge in [-0.15, -0.1) is 0 Å². The van der Waals surface area contributed by atoms with Crippen LogP contribution in [0.1, 0.15) is 21.7 Å². The molecule has 0 radical (unpaired) electrons. The smallest absolute Gasteiger partial charge is 0.290 e. The van der Waals surface area contributed by atoms with Gasteiger partial charge in [0.05, 0.1) is 11.9 Å². The molecule has 4 N–H and O–H groups in total. The molecule has 0 saturated heterocycles. The number of hydrazone groups is 1. The lowest BCUT2D eigenvalue weighted by Crippen LogP contribution is -2.20. The van der Waals surface area contributed by atoms with Crippen molar-refractivity contribution < 1.29 is 20.1 Å². The monoisotopic (exact) mass is 326 g/mol. The number of nitrogens with one attached hydrogen (secondary N) is 1. The molecule has 2 aromatic heterocycles. The Hall–Kier alpha value is -3.55. The van der Waals surface area contributed by atoms with E-state index in [2.05, 4.69) is 15.5 Å². The number of fused-ring (bicyclic) bond motifs is 1. The van der Waals surface area contributed by atoms with E-state index in [0.29, 0.717) is 17.0 Å². The van der Waals surface area contributed by atoms with Crippen LogP contribution in [0.2, 0.25) is 0 Å². The van der Waals surface area contributed by atoms with Gasteiger partial charge in [-0.05, 0) is 31.2 Å². The largest absolute Gasteiger partial charge is 0.504 e. The zero-order valence-electron chi connectivity index (χ0n) is 12.6. The normalized spacial score (nSPS) is 11.2. The summed E-state index contributed by atoms with van der Waals surface area (Å²) in [7, 11) is 0. The van der Waals surface area contributed by atoms with Crippen molar-refractivity contribution in [3.05, 3.63) is 53.5 Å². The lowest BCUT2D eigenvalue weighted by Gasteiger charge is -2.04. The minimum atomic E-state index is -0.650. The van der Waals surface area contributed by atoms with Crippen LogP contribution in [0.25, 0.3) is 5.65 Å². The summed E-state index contributed by atoms with van der Waals surface area (Å²) in [4.78, 5) is 16.6. The van der Waals surface area contributed by atoms with Gasteiger partial charge >= 0.3 is 0 Å². The number of phenolic OH excluding ortho intramolecular Hbond substituents is 3. The van der Waals surface area contributed by atoms with E-state index in [4.69, 9.17) is 0 Å². The molecule has 0 saturated carbocycles. The number of aromatic nitrogens is 2. The van der Waals surface area contributed by atoms with Gasteiger partial charge in [-0.3, -0.25) is 9.20 Å². The number of hydrogen-bond acceptors (Lipinski definition) is 6. The Labute approximate surface area is 136 Å². The zero-order valence-corrected chi connectivity index (χ0v) is 12.6. The van der Waals surface area contributed by atoms with Gasteiger partial charge in [-0.2, -0.15) is 5.10 Å². The number of carbonyl (C=O) groups is 1. The molecule has 24 heavy (non-hydrogen) atoms. The van der Waals surface area contributed by atoms with Gasteiger partial charge in [-0.25, -0.2) is 10.4 Å². The maximum absolute atomic E-state index is 12.3. The van der Waals surface area contributed by atoms with Crippen molar-refractivity contribution in [2.75, 3.05) is 0 Å². The molecular weight excluding hydrogens is 312 g/mol. The van der Waals surface area contributed by atoms with Gasteiger partial charge in [-0.1, -0.05) is 6.07 Å². The number of carbonyl (C=O) groups excluding carboxylic acids is 1. The molecule has 0 aliphatic heterocycles. The second kappa shape index (κ2) is 5.92. The van der Waals surface area contributed by atoms with Crippen LogP contribution in [0, 0.1) is 6.92 Å². The number of aromatic hydroxyl groups is 3. The van der Waals surface area contributed by atoms with Gasteiger partial charge in [0, 0.05) is 11.8 Å². The van der Waals surface area contributed by atoms with Crippen LogP contribution >= 0.6 is 0 Å². The molecule has 122 valence electrons. The SMILES string of the molecule is Cc1nc2ccccn2c1C(=O)NN=Cc1ccc(O)c(O)c1O. The van der Waals surface area contributed by atoms with Gasteiger partial charge < -0.3 is 15.3 Å². The molecule has 0 bridgehead atoms. The van der Waals surface area contributed by atoms with Gasteiger partial charge in [0.2, 0.25) is 5.75 Å². The maximum Gasteiger partial charge on any atom is 0.290 e. The number of pyridine rings is 1. The molecular formula is C16H14N4O4. The Morgan fingerprint density at radius 2 is 2.00 bits per heavy atom. The van der Waals surface area contributed by atoms with Crippen molar-refractivity contribution >= 4 is 17.8 Å². The standard InChI is InChI=1S/C16H14N4O4/c1-9-13(20-7-3-2-4-12(20)18-9)16(24)19-17-8-10-5-6-11(21)15(23)14(10)22/h2-8,21-23H,1H3,(H,19,24). The molecule has 0 unspecified atom stereocenters. The van der Waals surface area contributed by atoms with Crippen molar-refractivity contribution in [3.63, 3.8) is 0 Å². The number of benzene rings is 1. The van der Waals surface area contributed by atoms with Crippen molar-refractivity contribution in [2.24, 2.45) is 5.10 Å². The van der Waals surface area contributed by atoms with Gasteiger partial charge in [0.1, 0.15) is 11.3 Å². The average Bonchev–Trinajstić information content (AvgIpc) is 2.90. The highest BCUT2D eigenvalue weighted by Crippen LogP contribution is 2.36. The molecule has 8 heteroatoms. The van der Waals surface area contributed by atoms with Crippen LogP contribution in [-0.2, 0) is 0 Å². The van der Waals surface area contributed by atoms with Crippen molar-refractivity contribution in [1.82, 2.24) is 14.8 Å². The number of aryl methyl sites for hydroxylation is 1. The third kappa shape index (κ3) is 2.60. The Morgan fingerprint density at radius 3 is 2.79 bits per heavy atom. The fourth-order valence-corrected chi connectivity index (χ4v) is 2.29. The Morgan fingerprint density at radius 1 is 1.21 bits per heavy atom. The van der Waals surface area contributed by atoms with Gasteiger partial charge in [0.15, 0.2) is 11.5 Å². The molecule has 3 aromatic rings. The molecule has 0 atom stereocenters. The molecule has 1 amide bonds. The molecule has 8 nitrogen and oxygen atoms in total. The van der Waals surface area contributed by atoms with Crippen LogP contribution in [0.3, 0.4) is 0 Å². The molecule has 0 spiro atoms. The van der Waals surface area contributed by atoms with Crippen molar-refractivity contribution in [1.29, 1.82) is 0 Å². The average molecular weight is 326 g/mol. The van der Waals surface area contributed by atoms with E-state index in [9.17, 15) is 20.1 Å². The number of amides is 1. The van der Waals surface area contributed by atoms with Crippen LogP contribution in [0.5, 0.6) is 17.2 Å². The topological polar surface area (TPSA) is 119 Å². The van der Waals surface area contributed by atoms with E-state index in [1.54, 1.807) is 29.7 Å². The number of nitrogens with zero attached hydrogens (tertiary/aromatic N) is 3. The summed E-state index contributed by atoms with van der Waals surface area (Å²) in [6, 6.07) is 7.93. The zero-order chi connectivity index (χ0) is 17.3. The predicted molar refractivity (Wildman–Crippen MR) is 86.4 cm³/mol. The number of hydrogen-bond donors (Lipinski definition) is 4. The van der Waals surface area contributed by atoms with Crippen LogP contribution < -0.4 is 5.43 Å².